The maximum Gasteiger partial charge on any atom is 0.416 e. The number of halogens is 6. The zero-order valence-electron chi connectivity index (χ0n) is 19.7. The summed E-state index contributed by atoms with van der Waals surface area (Å²) in [6.45, 7) is 4.29. The summed E-state index contributed by atoms with van der Waals surface area (Å²) in [5, 5.41) is 16.1. The molecule has 1 saturated heterocycles. The Balaban J connectivity index is 1.75. The Morgan fingerprint density at radius 2 is 1.57 bits per heavy atom. The number of benzene rings is 1. The van der Waals surface area contributed by atoms with E-state index in [0.29, 0.717) is 44.6 Å². The number of carbonyl (C=O) groups excluding carboxylic acids is 1. The van der Waals surface area contributed by atoms with Gasteiger partial charge in [0, 0.05) is 31.2 Å². The van der Waals surface area contributed by atoms with E-state index >= 15 is 0 Å². The third-order valence-corrected chi connectivity index (χ3v) is 6.84. The lowest BCUT2D eigenvalue weighted by Crippen LogP contribution is -2.41. The number of aliphatic hydroxyl groups is 1. The number of amides is 1. The van der Waals surface area contributed by atoms with Crippen molar-refractivity contribution < 1.29 is 41.0 Å². The molecule has 1 aromatic rings. The van der Waals surface area contributed by atoms with Crippen LogP contribution >= 0.6 is 0 Å². The molecular weight excluding hydrogens is 478 g/mol. The molecule has 2 fully saturated rings. The summed E-state index contributed by atoms with van der Waals surface area (Å²) in [5.41, 5.74) is -3.11. The first-order valence-electron chi connectivity index (χ1n) is 11.9. The molecule has 11 heteroatoms. The number of rotatable bonds is 7. The van der Waals surface area contributed by atoms with Crippen LogP contribution in [0.4, 0.5) is 26.3 Å². The molecule has 0 radical (unpaired) electrons. The second-order valence-corrected chi connectivity index (χ2v) is 9.74. The van der Waals surface area contributed by atoms with Gasteiger partial charge in [0.2, 0.25) is 5.91 Å². The largest absolute Gasteiger partial charge is 0.416 e. The molecule has 0 bridgehead atoms. The molecule has 3 rings (SSSR count). The van der Waals surface area contributed by atoms with Crippen molar-refractivity contribution >= 4 is 5.91 Å². The summed E-state index contributed by atoms with van der Waals surface area (Å²) in [4.78, 5) is 13.1. The van der Waals surface area contributed by atoms with Gasteiger partial charge in [-0.05, 0) is 75.6 Å². The molecule has 1 aliphatic heterocycles. The summed E-state index contributed by atoms with van der Waals surface area (Å²) in [7, 11) is 0. The molecule has 5 nitrogen and oxygen atoms in total. The fourth-order valence-electron chi connectivity index (χ4n) is 5.11. The Morgan fingerprint density at radius 1 is 1.00 bits per heavy atom. The molecule has 3 N–H and O–H groups in total. The highest BCUT2D eigenvalue weighted by Gasteiger charge is 2.41. The molecule has 1 saturated carbocycles. The summed E-state index contributed by atoms with van der Waals surface area (Å²) in [5.74, 6) is -1.12. The van der Waals surface area contributed by atoms with Crippen LogP contribution in [0.5, 0.6) is 0 Å². The van der Waals surface area contributed by atoms with E-state index in [-0.39, 0.29) is 29.6 Å². The zero-order valence-corrected chi connectivity index (χ0v) is 19.7. The molecule has 4 unspecified atom stereocenters. The highest BCUT2D eigenvalue weighted by atomic mass is 19.4. The highest BCUT2D eigenvalue weighted by Crippen LogP contribution is 2.39. The standard InChI is InChI=1S/C24H32F6N2O3/c1-13(33)7-16-10-20(32-19-3-5-35-6-4-19)12-21(16)22(34)31-14(2)15-8-17(23(25,26)27)11-18(9-15)24(28,29)30/h8-9,11,13-14,16,19-21,32-33H,3-7,10,12H2,1-2H3,(H,31,34)/t13?,14?,16?,20-,21?/m1/s1. The van der Waals surface area contributed by atoms with Crippen LogP contribution < -0.4 is 10.6 Å². The van der Waals surface area contributed by atoms with Crippen LogP contribution in [0.1, 0.15) is 68.7 Å². The van der Waals surface area contributed by atoms with E-state index in [0.717, 1.165) is 12.8 Å². The quantitative estimate of drug-likeness (QED) is 0.460. The maximum atomic E-state index is 13.2. The molecule has 5 atom stereocenters. The van der Waals surface area contributed by atoms with E-state index in [9.17, 15) is 36.2 Å². The van der Waals surface area contributed by atoms with Gasteiger partial charge in [0.15, 0.2) is 0 Å². The number of hydrogen-bond donors (Lipinski definition) is 3. The third kappa shape index (κ3) is 7.57. The summed E-state index contributed by atoms with van der Waals surface area (Å²) in [6, 6.07) is 0.557. The fraction of sp³-hybridized carbons (Fsp3) is 0.708. The van der Waals surface area contributed by atoms with Crippen LogP contribution in [0.25, 0.3) is 0 Å². The molecule has 35 heavy (non-hydrogen) atoms. The highest BCUT2D eigenvalue weighted by molar-refractivity contribution is 5.80. The molecule has 0 spiro atoms. The van der Waals surface area contributed by atoms with Gasteiger partial charge < -0.3 is 20.5 Å². The van der Waals surface area contributed by atoms with Gasteiger partial charge in [0.25, 0.3) is 0 Å². The van der Waals surface area contributed by atoms with Crippen molar-refractivity contribution in [3.63, 3.8) is 0 Å². The van der Waals surface area contributed by atoms with Gasteiger partial charge in [-0.25, -0.2) is 0 Å². The SMILES string of the molecule is CC(O)CC1C[C@@H](NC2CCOCC2)CC1C(=O)NC(C)c1cc(C(F)(F)F)cc(C(F)(F)F)c1. The number of ether oxygens (including phenoxy) is 1. The second-order valence-electron chi connectivity index (χ2n) is 9.74. The Hall–Kier alpha value is -1.85. The van der Waals surface area contributed by atoms with Crippen LogP contribution in [0, 0.1) is 11.8 Å². The van der Waals surface area contributed by atoms with Crippen molar-refractivity contribution in [2.75, 3.05) is 13.2 Å². The summed E-state index contributed by atoms with van der Waals surface area (Å²) in [6.07, 6.45) is -7.37. The van der Waals surface area contributed by atoms with Crippen molar-refractivity contribution in [3.8, 4) is 0 Å². The average Bonchev–Trinajstić information content (AvgIpc) is 3.14. The van der Waals surface area contributed by atoms with E-state index in [1.54, 1.807) is 6.92 Å². The molecular formula is C24H32F6N2O3. The van der Waals surface area contributed by atoms with Crippen LogP contribution in [0.3, 0.4) is 0 Å². The number of alkyl halides is 6. The van der Waals surface area contributed by atoms with Crippen molar-refractivity contribution in [1.82, 2.24) is 10.6 Å². The lowest BCUT2D eigenvalue weighted by molar-refractivity contribution is -0.143. The van der Waals surface area contributed by atoms with Gasteiger partial charge in [-0.1, -0.05) is 0 Å². The van der Waals surface area contributed by atoms with E-state index in [1.807, 2.05) is 0 Å². The van der Waals surface area contributed by atoms with Crippen molar-refractivity contribution in [1.29, 1.82) is 0 Å². The lowest BCUT2D eigenvalue weighted by atomic mass is 9.89. The van der Waals surface area contributed by atoms with Crippen LogP contribution in [0.15, 0.2) is 18.2 Å². The van der Waals surface area contributed by atoms with Crippen LogP contribution in [-0.2, 0) is 21.9 Å². The third-order valence-electron chi connectivity index (χ3n) is 6.84. The van der Waals surface area contributed by atoms with Crippen LogP contribution in [0.2, 0.25) is 0 Å². The van der Waals surface area contributed by atoms with Gasteiger partial charge in [-0.2, -0.15) is 26.3 Å². The first kappa shape index (κ1) is 27.7. The van der Waals surface area contributed by atoms with Crippen molar-refractivity contribution in [2.24, 2.45) is 11.8 Å². The number of hydrogen-bond acceptors (Lipinski definition) is 4. The fourth-order valence-corrected chi connectivity index (χ4v) is 5.11. The topological polar surface area (TPSA) is 70.6 Å². The smallest absolute Gasteiger partial charge is 0.393 e. The average molecular weight is 511 g/mol. The van der Waals surface area contributed by atoms with E-state index in [1.165, 1.54) is 6.92 Å². The molecule has 1 aromatic carbocycles. The van der Waals surface area contributed by atoms with Crippen molar-refractivity contribution in [3.05, 3.63) is 34.9 Å². The molecule has 2 aliphatic rings. The Bertz CT molecular complexity index is 836. The number of nitrogens with one attached hydrogen (secondary N) is 2. The number of carbonyl (C=O) groups is 1. The zero-order chi connectivity index (χ0) is 26.0. The molecule has 198 valence electrons. The van der Waals surface area contributed by atoms with E-state index in [4.69, 9.17) is 4.74 Å². The summed E-state index contributed by atoms with van der Waals surface area (Å²) < 4.78 is 84.7. The normalized spacial score (nSPS) is 25.9. The minimum absolute atomic E-state index is 0.0262. The minimum Gasteiger partial charge on any atom is -0.393 e. The Morgan fingerprint density at radius 3 is 2.09 bits per heavy atom. The van der Waals surface area contributed by atoms with E-state index < -0.39 is 47.5 Å². The predicted molar refractivity (Wildman–Crippen MR) is 116 cm³/mol. The Labute approximate surface area is 200 Å². The number of aliphatic hydroxyl groups excluding tert-OH is 1. The van der Waals surface area contributed by atoms with Gasteiger partial charge in [-0.15, -0.1) is 0 Å². The molecule has 1 aliphatic carbocycles. The minimum atomic E-state index is -4.96. The molecule has 1 amide bonds. The van der Waals surface area contributed by atoms with E-state index in [2.05, 4.69) is 10.6 Å². The maximum absolute atomic E-state index is 13.2. The predicted octanol–water partition coefficient (Wildman–Crippen LogP) is 4.84. The monoisotopic (exact) mass is 510 g/mol. The van der Waals surface area contributed by atoms with Gasteiger partial charge in [-0.3, -0.25) is 4.79 Å². The first-order valence-corrected chi connectivity index (χ1v) is 11.9. The van der Waals surface area contributed by atoms with Gasteiger partial charge >= 0.3 is 12.4 Å². The molecule has 0 aromatic heterocycles. The second kappa shape index (κ2) is 11.0. The first-order chi connectivity index (χ1) is 16.2. The summed E-state index contributed by atoms with van der Waals surface area (Å²) >= 11 is 0. The van der Waals surface area contributed by atoms with Gasteiger partial charge in [0.05, 0.1) is 23.3 Å². The van der Waals surface area contributed by atoms with Gasteiger partial charge in [0.1, 0.15) is 0 Å². The van der Waals surface area contributed by atoms with Crippen LogP contribution in [-0.4, -0.2) is 42.4 Å². The Kier molecular flexibility index (Phi) is 8.75. The molecule has 1 heterocycles. The lowest BCUT2D eigenvalue weighted by Gasteiger charge is -2.26. The van der Waals surface area contributed by atoms with Crippen molar-refractivity contribution in [2.45, 2.75) is 82.5 Å².